The van der Waals surface area contributed by atoms with Gasteiger partial charge in [-0.2, -0.15) is 0 Å². The molecule has 4 heterocycles. The largest absolute Gasteiger partial charge is 0.456 e. The van der Waals surface area contributed by atoms with E-state index < -0.39 is 0 Å². The number of benzene rings is 11. The minimum Gasteiger partial charge on any atom is -0.456 e. The Balaban J connectivity index is 0.952. The summed E-state index contributed by atoms with van der Waals surface area (Å²) >= 11 is 0. The summed E-state index contributed by atoms with van der Waals surface area (Å²) in [7, 11) is 0. The minimum absolute atomic E-state index is 0.890. The molecule has 4 nitrogen and oxygen atoms in total. The Morgan fingerprint density at radius 2 is 0.691 bits per heavy atom. The van der Waals surface area contributed by atoms with Gasteiger partial charge in [-0.05, 0) is 131 Å². The first-order valence-electron chi connectivity index (χ1n) is 23.3. The smallest absolute Gasteiger partial charge is 0.135 e. The average molecular weight is 866 g/mol. The number of furan rings is 1. The fourth-order valence-electron chi connectivity index (χ4n) is 11.3. The third-order valence-electron chi connectivity index (χ3n) is 14.4. The molecule has 11 aromatic carbocycles. The summed E-state index contributed by atoms with van der Waals surface area (Å²) in [6, 6.07) is 86.4. The molecule has 15 rings (SSSR count). The van der Waals surface area contributed by atoms with Crippen molar-refractivity contribution in [3.63, 3.8) is 0 Å². The molecule has 0 bridgehead atoms. The molecule has 0 N–H and O–H groups in total. The average Bonchev–Trinajstić information content (AvgIpc) is 4.14. The molecule has 4 heteroatoms. The van der Waals surface area contributed by atoms with Gasteiger partial charge in [-0.25, -0.2) is 0 Å². The van der Waals surface area contributed by atoms with Crippen molar-refractivity contribution in [3.8, 4) is 39.3 Å². The van der Waals surface area contributed by atoms with Crippen LogP contribution >= 0.6 is 0 Å². The second-order valence-electron chi connectivity index (χ2n) is 18.1. The summed E-state index contributed by atoms with van der Waals surface area (Å²) in [5.41, 5.74) is 17.1. The van der Waals surface area contributed by atoms with Gasteiger partial charge in [0.15, 0.2) is 0 Å². The molecule has 0 fully saturated rings. The van der Waals surface area contributed by atoms with E-state index in [2.05, 4.69) is 238 Å². The van der Waals surface area contributed by atoms with Crippen molar-refractivity contribution >= 4 is 98.1 Å². The first kappa shape index (κ1) is 37.1. The molecule has 0 unspecified atom stereocenters. The van der Waals surface area contributed by atoms with Crippen molar-refractivity contribution in [3.05, 3.63) is 237 Å². The van der Waals surface area contributed by atoms with Crippen LogP contribution in [0.15, 0.2) is 241 Å². The van der Waals surface area contributed by atoms with Crippen LogP contribution in [0.1, 0.15) is 0 Å². The third-order valence-corrected chi connectivity index (χ3v) is 14.4. The standard InChI is InChI=1S/C64H39N3O/c1-3-14-45(15-4-1)65-57-21-11-9-19-49(57)52-35-41(24-30-58(52)65)43-25-31-59-54(37-43)55-38-44(26-32-60(55)66(59)47-28-34-63-56(39-47)50-20-10-12-22-62(50)68-63)42-27-33-61-53(36-42)51-29-23-40-13-7-8-18-48(40)64(51)67(61)46-16-5-2-6-17-46/h1-39H. The highest BCUT2D eigenvalue weighted by Gasteiger charge is 2.20. The zero-order valence-corrected chi connectivity index (χ0v) is 36.8. The van der Waals surface area contributed by atoms with Crippen LogP contribution in [0.5, 0.6) is 0 Å². The van der Waals surface area contributed by atoms with Crippen molar-refractivity contribution in [2.45, 2.75) is 0 Å². The van der Waals surface area contributed by atoms with E-state index in [1.165, 1.54) is 87.4 Å². The van der Waals surface area contributed by atoms with E-state index in [1.54, 1.807) is 0 Å². The summed E-state index contributed by atoms with van der Waals surface area (Å²) in [5, 5.41) is 12.1. The Bertz CT molecular complexity index is 4550. The number of hydrogen-bond acceptors (Lipinski definition) is 1. The predicted molar refractivity (Wildman–Crippen MR) is 285 cm³/mol. The Labute approximate surface area is 390 Å². The Morgan fingerprint density at radius 3 is 1.34 bits per heavy atom. The monoisotopic (exact) mass is 865 g/mol. The molecule has 0 saturated heterocycles. The van der Waals surface area contributed by atoms with Crippen molar-refractivity contribution in [1.82, 2.24) is 13.7 Å². The molecule has 0 radical (unpaired) electrons. The molecule has 0 aliphatic rings. The van der Waals surface area contributed by atoms with Gasteiger partial charge in [-0.1, -0.05) is 133 Å². The molecule has 0 spiro atoms. The fraction of sp³-hybridized carbons (Fsp3) is 0. The van der Waals surface area contributed by atoms with Gasteiger partial charge < -0.3 is 18.1 Å². The van der Waals surface area contributed by atoms with E-state index in [0.717, 1.165) is 50.0 Å². The molecule has 0 atom stereocenters. The maximum atomic E-state index is 6.31. The highest BCUT2D eigenvalue weighted by Crippen LogP contribution is 2.43. The van der Waals surface area contributed by atoms with Crippen LogP contribution in [-0.2, 0) is 0 Å². The number of fused-ring (bicyclic) bond motifs is 14. The summed E-state index contributed by atoms with van der Waals surface area (Å²) in [5.74, 6) is 0. The first-order chi connectivity index (χ1) is 33.7. The molecule has 4 aromatic heterocycles. The SMILES string of the molecule is c1ccc(-n2c3ccccc3c3cc(-c4ccc5c(c4)c4cc(-c6ccc7c(c6)c6ccc8ccccc8c6n7-c6ccccc6)ccc4n5-c4ccc5oc6ccccc6c5c4)ccc32)cc1. The van der Waals surface area contributed by atoms with Gasteiger partial charge in [0.2, 0.25) is 0 Å². The Kier molecular flexibility index (Phi) is 7.75. The number of hydrogen-bond donors (Lipinski definition) is 0. The van der Waals surface area contributed by atoms with E-state index in [0.29, 0.717) is 0 Å². The lowest BCUT2D eigenvalue weighted by atomic mass is 9.98. The highest BCUT2D eigenvalue weighted by molar-refractivity contribution is 6.20. The van der Waals surface area contributed by atoms with E-state index >= 15 is 0 Å². The fourth-order valence-corrected chi connectivity index (χ4v) is 11.3. The van der Waals surface area contributed by atoms with Gasteiger partial charge in [0.1, 0.15) is 11.2 Å². The van der Waals surface area contributed by atoms with Crippen LogP contribution in [0.4, 0.5) is 0 Å². The quantitative estimate of drug-likeness (QED) is 0.169. The summed E-state index contributed by atoms with van der Waals surface area (Å²) in [4.78, 5) is 0. The molecule has 0 saturated carbocycles. The summed E-state index contributed by atoms with van der Waals surface area (Å²) in [6.07, 6.45) is 0. The van der Waals surface area contributed by atoms with E-state index in [-0.39, 0.29) is 0 Å². The lowest BCUT2D eigenvalue weighted by molar-refractivity contribution is 0.669. The van der Waals surface area contributed by atoms with Crippen molar-refractivity contribution < 1.29 is 4.42 Å². The molecular formula is C64H39N3O. The van der Waals surface area contributed by atoms with Crippen LogP contribution in [0, 0.1) is 0 Å². The van der Waals surface area contributed by atoms with Crippen LogP contribution in [-0.4, -0.2) is 13.7 Å². The Hall–Kier alpha value is -9.12. The van der Waals surface area contributed by atoms with Crippen molar-refractivity contribution in [2.24, 2.45) is 0 Å². The van der Waals surface area contributed by atoms with Crippen LogP contribution in [0.3, 0.4) is 0 Å². The second-order valence-corrected chi connectivity index (χ2v) is 18.1. The molecule has 316 valence electrons. The lowest BCUT2D eigenvalue weighted by Crippen LogP contribution is -1.94. The van der Waals surface area contributed by atoms with Gasteiger partial charge in [-0.15, -0.1) is 0 Å². The zero-order valence-electron chi connectivity index (χ0n) is 36.8. The molecule has 15 aromatic rings. The zero-order chi connectivity index (χ0) is 44.5. The number of aromatic nitrogens is 3. The molecular weight excluding hydrogens is 827 g/mol. The molecule has 0 aliphatic heterocycles. The molecule has 0 aliphatic carbocycles. The van der Waals surface area contributed by atoms with Gasteiger partial charge in [-0.3, -0.25) is 0 Å². The number of para-hydroxylation sites is 4. The van der Waals surface area contributed by atoms with Crippen LogP contribution in [0.25, 0.3) is 137 Å². The number of rotatable bonds is 5. The topological polar surface area (TPSA) is 27.9 Å². The van der Waals surface area contributed by atoms with Gasteiger partial charge in [0.05, 0.1) is 33.1 Å². The normalized spacial score (nSPS) is 12.1. The summed E-state index contributed by atoms with van der Waals surface area (Å²) < 4.78 is 13.6. The van der Waals surface area contributed by atoms with Gasteiger partial charge in [0.25, 0.3) is 0 Å². The number of nitrogens with zero attached hydrogens (tertiary/aromatic N) is 3. The van der Waals surface area contributed by atoms with Crippen LogP contribution < -0.4 is 0 Å². The van der Waals surface area contributed by atoms with Crippen LogP contribution in [0.2, 0.25) is 0 Å². The van der Waals surface area contributed by atoms with Gasteiger partial charge in [0, 0.05) is 65.5 Å². The second kappa shape index (κ2) is 14.2. The summed E-state index contributed by atoms with van der Waals surface area (Å²) in [6.45, 7) is 0. The third kappa shape index (κ3) is 5.37. The van der Waals surface area contributed by atoms with Crippen molar-refractivity contribution in [2.75, 3.05) is 0 Å². The van der Waals surface area contributed by atoms with E-state index in [4.69, 9.17) is 4.42 Å². The predicted octanol–water partition coefficient (Wildman–Crippen LogP) is 17.4. The first-order valence-corrected chi connectivity index (χ1v) is 23.3. The van der Waals surface area contributed by atoms with Gasteiger partial charge >= 0.3 is 0 Å². The maximum absolute atomic E-state index is 6.31. The highest BCUT2D eigenvalue weighted by atomic mass is 16.3. The van der Waals surface area contributed by atoms with E-state index in [9.17, 15) is 0 Å². The molecule has 0 amide bonds. The van der Waals surface area contributed by atoms with Crippen molar-refractivity contribution in [1.29, 1.82) is 0 Å². The molecule has 68 heavy (non-hydrogen) atoms. The minimum atomic E-state index is 0.890. The lowest BCUT2D eigenvalue weighted by Gasteiger charge is -2.10. The Morgan fingerprint density at radius 1 is 0.235 bits per heavy atom. The van der Waals surface area contributed by atoms with E-state index in [1.807, 2.05) is 12.1 Å². The maximum Gasteiger partial charge on any atom is 0.135 e.